The van der Waals surface area contributed by atoms with Gasteiger partial charge < -0.3 is 24.3 Å². The molecule has 1 aliphatic heterocycles. The number of rotatable bonds is 9. The summed E-state index contributed by atoms with van der Waals surface area (Å²) in [4.78, 5) is 27.4. The molecular formula is C22H24N2O6. The zero-order chi connectivity index (χ0) is 21.7. The van der Waals surface area contributed by atoms with Gasteiger partial charge in [0.05, 0.1) is 45.7 Å². The van der Waals surface area contributed by atoms with Crippen LogP contribution >= 0.6 is 0 Å². The van der Waals surface area contributed by atoms with Crippen molar-refractivity contribution in [2.24, 2.45) is 0 Å². The number of amides is 2. The molecule has 0 aliphatic carbocycles. The molecule has 0 radical (unpaired) electrons. The highest BCUT2D eigenvalue weighted by Gasteiger charge is 2.39. The average molecular weight is 412 g/mol. The minimum Gasteiger partial charge on any atom is -0.497 e. The zero-order valence-corrected chi connectivity index (χ0v) is 17.4. The molecule has 0 unspecified atom stereocenters. The van der Waals surface area contributed by atoms with Gasteiger partial charge in [0.15, 0.2) is 0 Å². The number of ether oxygens (including phenoxy) is 4. The first-order chi connectivity index (χ1) is 14.5. The second-order valence-corrected chi connectivity index (χ2v) is 6.42. The topological polar surface area (TPSA) is 86.3 Å². The summed E-state index contributed by atoms with van der Waals surface area (Å²) in [5.41, 5.74) is 1.58. The Morgan fingerprint density at radius 1 is 0.833 bits per heavy atom. The number of carbonyl (C=O) groups is 2. The van der Waals surface area contributed by atoms with Crippen LogP contribution < -0.4 is 19.5 Å². The van der Waals surface area contributed by atoms with Crippen molar-refractivity contribution in [2.75, 3.05) is 46.9 Å². The van der Waals surface area contributed by atoms with Crippen LogP contribution in [0.15, 0.2) is 48.2 Å². The van der Waals surface area contributed by atoms with Crippen molar-refractivity contribution >= 4 is 23.1 Å². The SMILES string of the molecule is COCCN1C(=O)C(Nc2ccc(OC)cc2OC)=C(c2ccc(OC)cc2)C1=O. The van der Waals surface area contributed by atoms with E-state index in [1.807, 2.05) is 0 Å². The van der Waals surface area contributed by atoms with E-state index >= 15 is 0 Å². The molecule has 1 heterocycles. The maximum atomic E-state index is 13.1. The quantitative estimate of drug-likeness (QED) is 0.634. The molecule has 8 nitrogen and oxygen atoms in total. The molecule has 0 atom stereocenters. The highest BCUT2D eigenvalue weighted by Crippen LogP contribution is 2.35. The van der Waals surface area contributed by atoms with Gasteiger partial charge in [0.2, 0.25) is 0 Å². The predicted molar refractivity (Wildman–Crippen MR) is 112 cm³/mol. The van der Waals surface area contributed by atoms with Crippen LogP contribution in [0.5, 0.6) is 17.2 Å². The lowest BCUT2D eigenvalue weighted by Gasteiger charge is -2.15. The molecule has 2 amide bonds. The third kappa shape index (κ3) is 4.08. The summed E-state index contributed by atoms with van der Waals surface area (Å²) in [6.07, 6.45) is 0. The fraction of sp³-hybridized carbons (Fsp3) is 0.273. The van der Waals surface area contributed by atoms with Gasteiger partial charge in [0.25, 0.3) is 11.8 Å². The summed E-state index contributed by atoms with van der Waals surface area (Å²) >= 11 is 0. The summed E-state index contributed by atoms with van der Waals surface area (Å²) in [5, 5.41) is 3.09. The van der Waals surface area contributed by atoms with Crippen LogP contribution in [-0.4, -0.2) is 58.3 Å². The van der Waals surface area contributed by atoms with E-state index in [0.29, 0.717) is 28.5 Å². The Morgan fingerprint density at radius 2 is 1.50 bits per heavy atom. The van der Waals surface area contributed by atoms with Crippen molar-refractivity contribution < 1.29 is 28.5 Å². The number of benzene rings is 2. The maximum absolute atomic E-state index is 13.1. The van der Waals surface area contributed by atoms with Crippen LogP contribution in [0.1, 0.15) is 5.56 Å². The van der Waals surface area contributed by atoms with Crippen LogP contribution in [0.3, 0.4) is 0 Å². The van der Waals surface area contributed by atoms with E-state index in [1.165, 1.54) is 19.1 Å². The number of methoxy groups -OCH3 is 4. The van der Waals surface area contributed by atoms with E-state index in [0.717, 1.165) is 0 Å². The fourth-order valence-electron chi connectivity index (χ4n) is 3.14. The molecule has 2 aromatic rings. The van der Waals surface area contributed by atoms with Crippen molar-refractivity contribution in [3.05, 3.63) is 53.7 Å². The average Bonchev–Trinajstić information content (AvgIpc) is 3.01. The minimum atomic E-state index is -0.430. The van der Waals surface area contributed by atoms with Gasteiger partial charge in [0.1, 0.15) is 22.9 Å². The van der Waals surface area contributed by atoms with E-state index < -0.39 is 11.8 Å². The van der Waals surface area contributed by atoms with Crippen molar-refractivity contribution in [3.63, 3.8) is 0 Å². The monoisotopic (exact) mass is 412 g/mol. The summed E-state index contributed by atoms with van der Waals surface area (Å²) in [6.45, 7) is 0.394. The lowest BCUT2D eigenvalue weighted by molar-refractivity contribution is -0.137. The second-order valence-electron chi connectivity index (χ2n) is 6.42. The Hall–Kier alpha value is -3.52. The number of hydrogen-bond acceptors (Lipinski definition) is 7. The van der Waals surface area contributed by atoms with Gasteiger partial charge in [-0.25, -0.2) is 0 Å². The molecule has 0 saturated heterocycles. The van der Waals surface area contributed by atoms with Crippen molar-refractivity contribution in [1.82, 2.24) is 4.90 Å². The first-order valence-electron chi connectivity index (χ1n) is 9.27. The smallest absolute Gasteiger partial charge is 0.278 e. The van der Waals surface area contributed by atoms with Gasteiger partial charge >= 0.3 is 0 Å². The molecular weight excluding hydrogens is 388 g/mol. The highest BCUT2D eigenvalue weighted by molar-refractivity contribution is 6.36. The molecule has 8 heteroatoms. The summed E-state index contributed by atoms with van der Waals surface area (Å²) in [6, 6.07) is 12.1. The molecule has 1 aliphatic rings. The fourth-order valence-corrected chi connectivity index (χ4v) is 3.14. The van der Waals surface area contributed by atoms with Gasteiger partial charge in [-0.3, -0.25) is 14.5 Å². The van der Waals surface area contributed by atoms with E-state index in [2.05, 4.69) is 5.32 Å². The molecule has 0 aromatic heterocycles. The standard InChI is InChI=1S/C22H24N2O6/c1-27-12-11-24-21(25)19(14-5-7-15(28-2)8-6-14)20(22(24)26)23-17-10-9-16(29-3)13-18(17)30-4/h5-10,13,23H,11-12H2,1-4H3. The van der Waals surface area contributed by atoms with Crippen LogP contribution in [0.2, 0.25) is 0 Å². The number of anilines is 1. The molecule has 158 valence electrons. The largest absolute Gasteiger partial charge is 0.497 e. The number of carbonyl (C=O) groups excluding carboxylic acids is 2. The first-order valence-corrected chi connectivity index (χ1v) is 9.27. The van der Waals surface area contributed by atoms with Gasteiger partial charge in [-0.1, -0.05) is 12.1 Å². The van der Waals surface area contributed by atoms with Crippen molar-refractivity contribution in [2.45, 2.75) is 0 Å². The Bertz CT molecular complexity index is 968. The molecule has 2 aromatic carbocycles. The molecule has 0 fully saturated rings. The van der Waals surface area contributed by atoms with Crippen molar-refractivity contribution in [1.29, 1.82) is 0 Å². The summed E-state index contributed by atoms with van der Waals surface area (Å²) in [7, 11) is 6.16. The maximum Gasteiger partial charge on any atom is 0.278 e. The van der Waals surface area contributed by atoms with E-state index in [4.69, 9.17) is 18.9 Å². The third-order valence-corrected chi connectivity index (χ3v) is 4.73. The van der Waals surface area contributed by atoms with E-state index in [-0.39, 0.29) is 24.4 Å². The number of hydrogen-bond donors (Lipinski definition) is 1. The van der Waals surface area contributed by atoms with Gasteiger partial charge in [-0.15, -0.1) is 0 Å². The lowest BCUT2D eigenvalue weighted by Crippen LogP contribution is -2.35. The molecule has 1 N–H and O–H groups in total. The normalized spacial score (nSPS) is 13.7. The zero-order valence-electron chi connectivity index (χ0n) is 17.4. The Labute approximate surface area is 175 Å². The second kappa shape index (κ2) is 9.32. The highest BCUT2D eigenvalue weighted by atomic mass is 16.5. The Balaban J connectivity index is 2.05. The summed E-state index contributed by atoms with van der Waals surface area (Å²) < 4.78 is 20.9. The van der Waals surface area contributed by atoms with E-state index in [9.17, 15) is 9.59 Å². The molecule has 0 spiro atoms. The van der Waals surface area contributed by atoms with E-state index in [1.54, 1.807) is 56.7 Å². The van der Waals surface area contributed by atoms with Gasteiger partial charge in [0, 0.05) is 13.2 Å². The van der Waals surface area contributed by atoms with Crippen LogP contribution in [-0.2, 0) is 14.3 Å². The van der Waals surface area contributed by atoms with Crippen LogP contribution in [0.4, 0.5) is 5.69 Å². The molecule has 0 saturated carbocycles. The third-order valence-electron chi connectivity index (χ3n) is 4.73. The lowest BCUT2D eigenvalue weighted by atomic mass is 10.0. The Kier molecular flexibility index (Phi) is 6.58. The van der Waals surface area contributed by atoms with Crippen LogP contribution in [0, 0.1) is 0 Å². The molecule has 0 bridgehead atoms. The number of nitrogens with zero attached hydrogens (tertiary/aromatic N) is 1. The first kappa shape index (κ1) is 21.2. The summed E-state index contributed by atoms with van der Waals surface area (Å²) in [5.74, 6) is 0.917. The number of imide groups is 1. The predicted octanol–water partition coefficient (Wildman–Crippen LogP) is 2.55. The molecule has 30 heavy (non-hydrogen) atoms. The van der Waals surface area contributed by atoms with Gasteiger partial charge in [-0.05, 0) is 29.8 Å². The van der Waals surface area contributed by atoms with Gasteiger partial charge in [-0.2, -0.15) is 0 Å². The minimum absolute atomic E-state index is 0.152. The number of nitrogens with one attached hydrogen (secondary N) is 1. The Morgan fingerprint density at radius 3 is 2.10 bits per heavy atom. The van der Waals surface area contributed by atoms with Crippen LogP contribution in [0.25, 0.3) is 5.57 Å². The van der Waals surface area contributed by atoms with Crippen molar-refractivity contribution in [3.8, 4) is 17.2 Å². The molecule has 3 rings (SSSR count).